The quantitative estimate of drug-likeness (QED) is 0.316. The number of alkyl halides is 3. The molecule has 4 aromatic rings. The lowest BCUT2D eigenvalue weighted by atomic mass is 9.81. The van der Waals surface area contributed by atoms with Crippen molar-refractivity contribution in [2.45, 2.75) is 24.1 Å². The largest absolute Gasteiger partial charge is 0.489 e. The van der Waals surface area contributed by atoms with Crippen molar-refractivity contribution in [2.75, 3.05) is 13.2 Å². The Morgan fingerprint density at radius 2 is 1.97 bits per heavy atom. The molecule has 1 aliphatic heterocycles. The van der Waals surface area contributed by atoms with Gasteiger partial charge in [-0.1, -0.05) is 0 Å². The van der Waals surface area contributed by atoms with Gasteiger partial charge in [0.25, 0.3) is 5.91 Å². The molecule has 4 heterocycles. The summed E-state index contributed by atoms with van der Waals surface area (Å²) in [5.74, 6) is -2.49. The van der Waals surface area contributed by atoms with E-state index in [9.17, 15) is 32.3 Å². The highest BCUT2D eigenvalue weighted by atomic mass is 19.4. The summed E-state index contributed by atoms with van der Waals surface area (Å²) in [6.07, 6.45) is -1.35. The van der Waals surface area contributed by atoms with Crippen molar-refractivity contribution in [3.8, 4) is 17.0 Å². The fraction of sp³-hybridized carbons (Fsp3) is 0.240. The van der Waals surface area contributed by atoms with E-state index < -0.39 is 47.1 Å². The number of nitrogens with two attached hydrogens (primary N) is 1. The molecule has 14 heteroatoms. The predicted octanol–water partition coefficient (Wildman–Crippen LogP) is 2.25. The number of fused-ring (bicyclic) bond motifs is 2. The minimum atomic E-state index is -5.34. The number of nitrogens with zero attached hydrogens (tertiary/aromatic N) is 4. The first-order chi connectivity index (χ1) is 18.3. The number of nitrogens with one attached hydrogen (secondary N) is 1. The molecule has 0 spiro atoms. The Bertz CT molecular complexity index is 1610. The van der Waals surface area contributed by atoms with E-state index in [-0.39, 0.29) is 40.4 Å². The molecule has 10 nitrogen and oxygen atoms in total. The van der Waals surface area contributed by atoms with E-state index >= 15 is 0 Å². The number of pyridine rings is 1. The third-order valence-corrected chi connectivity index (χ3v) is 6.66. The highest BCUT2D eigenvalue weighted by molar-refractivity contribution is 5.99. The zero-order valence-corrected chi connectivity index (χ0v) is 20.2. The topological polar surface area (TPSA) is 145 Å². The zero-order chi connectivity index (χ0) is 28.2. The molecule has 0 radical (unpaired) electrons. The van der Waals surface area contributed by atoms with Crippen molar-refractivity contribution >= 4 is 17.5 Å². The summed E-state index contributed by atoms with van der Waals surface area (Å²) < 4.78 is 63.9. The minimum Gasteiger partial charge on any atom is -0.489 e. The van der Waals surface area contributed by atoms with Gasteiger partial charge in [0.2, 0.25) is 11.5 Å². The summed E-state index contributed by atoms with van der Waals surface area (Å²) in [7, 11) is 0. The van der Waals surface area contributed by atoms with Gasteiger partial charge in [0.15, 0.2) is 5.65 Å². The van der Waals surface area contributed by atoms with E-state index in [1.165, 1.54) is 36.0 Å². The summed E-state index contributed by atoms with van der Waals surface area (Å²) in [6, 6.07) is 7.09. The molecule has 2 amide bonds. The third-order valence-electron chi connectivity index (χ3n) is 6.66. The van der Waals surface area contributed by atoms with Crippen LogP contribution in [0.15, 0.2) is 55.0 Å². The van der Waals surface area contributed by atoms with E-state index in [4.69, 9.17) is 10.5 Å². The lowest BCUT2D eigenvalue weighted by Crippen LogP contribution is -2.51. The first-order valence-electron chi connectivity index (χ1n) is 11.5. The third kappa shape index (κ3) is 4.22. The second kappa shape index (κ2) is 9.01. The van der Waals surface area contributed by atoms with E-state index in [1.54, 1.807) is 6.07 Å². The highest BCUT2D eigenvalue weighted by Gasteiger charge is 2.57. The van der Waals surface area contributed by atoms with Gasteiger partial charge in [-0.15, -0.1) is 0 Å². The first-order valence-corrected chi connectivity index (χ1v) is 11.5. The maximum absolute atomic E-state index is 14.5. The van der Waals surface area contributed by atoms with Crippen LogP contribution in [0.25, 0.3) is 16.9 Å². The van der Waals surface area contributed by atoms with Crippen LogP contribution >= 0.6 is 0 Å². The van der Waals surface area contributed by atoms with Crippen molar-refractivity contribution in [1.82, 2.24) is 24.9 Å². The predicted molar refractivity (Wildman–Crippen MR) is 127 cm³/mol. The summed E-state index contributed by atoms with van der Waals surface area (Å²) in [5.41, 5.74) is -0.729. The summed E-state index contributed by atoms with van der Waals surface area (Å²) in [6.45, 7) is -0.256. The number of halogens is 4. The summed E-state index contributed by atoms with van der Waals surface area (Å²) in [5, 5.41) is 17.1. The SMILES string of the molecule is C[C@]1(C(N)=O)COc2c1cc([C@@](O)(CNC(=O)c1cnn3cccnc13)C(F)(F)F)nc2-c1ccc(F)cc1. The van der Waals surface area contributed by atoms with Crippen LogP contribution in [0.4, 0.5) is 17.6 Å². The highest BCUT2D eigenvalue weighted by Crippen LogP contribution is 2.47. The number of rotatable bonds is 6. The molecule has 0 fully saturated rings. The van der Waals surface area contributed by atoms with E-state index in [2.05, 4.69) is 20.4 Å². The van der Waals surface area contributed by atoms with Crippen LogP contribution in [-0.4, -0.2) is 55.8 Å². The van der Waals surface area contributed by atoms with Crippen LogP contribution in [0, 0.1) is 5.82 Å². The average Bonchev–Trinajstić information content (AvgIpc) is 3.49. The molecule has 2 atom stereocenters. The fourth-order valence-electron chi connectivity index (χ4n) is 4.23. The number of primary amides is 1. The average molecular weight is 544 g/mol. The van der Waals surface area contributed by atoms with Crippen LogP contribution in [0.3, 0.4) is 0 Å². The lowest BCUT2D eigenvalue weighted by Gasteiger charge is -2.31. The van der Waals surface area contributed by atoms with Gasteiger partial charge < -0.3 is 20.9 Å². The van der Waals surface area contributed by atoms with Gasteiger partial charge in [-0.25, -0.2) is 18.9 Å². The number of carbonyl (C=O) groups excluding carboxylic acids is 2. The Balaban J connectivity index is 1.61. The molecule has 0 saturated heterocycles. The molecule has 0 saturated carbocycles. The number of carbonyl (C=O) groups is 2. The van der Waals surface area contributed by atoms with Crippen molar-refractivity contribution in [1.29, 1.82) is 0 Å². The molecular weight excluding hydrogens is 524 g/mol. The summed E-state index contributed by atoms with van der Waals surface area (Å²) >= 11 is 0. The van der Waals surface area contributed by atoms with Crippen molar-refractivity contribution in [2.24, 2.45) is 5.73 Å². The zero-order valence-electron chi connectivity index (χ0n) is 20.2. The van der Waals surface area contributed by atoms with Gasteiger partial charge in [-0.3, -0.25) is 9.59 Å². The number of aromatic nitrogens is 4. The van der Waals surface area contributed by atoms with Crippen molar-refractivity contribution in [3.05, 3.63) is 77.6 Å². The molecule has 0 bridgehead atoms. The molecule has 4 N–H and O–H groups in total. The Kier molecular flexibility index (Phi) is 6.01. The smallest absolute Gasteiger partial charge is 0.424 e. The number of hydrogen-bond acceptors (Lipinski definition) is 7. The van der Waals surface area contributed by atoms with Gasteiger partial charge in [0.05, 0.1) is 18.4 Å². The number of hydrogen-bond donors (Lipinski definition) is 3. The molecule has 202 valence electrons. The van der Waals surface area contributed by atoms with Crippen LogP contribution in [0.1, 0.15) is 28.5 Å². The summed E-state index contributed by atoms with van der Waals surface area (Å²) in [4.78, 5) is 33.2. The number of aliphatic hydroxyl groups is 1. The molecule has 0 unspecified atom stereocenters. The Labute approximate surface area is 217 Å². The molecule has 3 aromatic heterocycles. The van der Waals surface area contributed by atoms with Gasteiger partial charge in [0, 0.05) is 23.5 Å². The number of amides is 2. The molecular formula is C25H20F4N6O4. The second-order valence-electron chi connectivity index (χ2n) is 9.21. The van der Waals surface area contributed by atoms with Gasteiger partial charge in [-0.2, -0.15) is 18.3 Å². The lowest BCUT2D eigenvalue weighted by molar-refractivity contribution is -0.265. The maximum atomic E-state index is 14.5. The molecule has 39 heavy (non-hydrogen) atoms. The van der Waals surface area contributed by atoms with Gasteiger partial charge >= 0.3 is 6.18 Å². The van der Waals surface area contributed by atoms with Crippen LogP contribution in [0.5, 0.6) is 5.75 Å². The standard InChI is InChI=1S/C25H20F4N6O4/c1-23(22(30)37)12-39-19-16(23)9-17(34-18(19)13-3-5-14(26)6-4-13)24(38,25(27,28)29)11-32-21(36)15-10-33-35-8-2-7-31-20(15)35/h2-10,38H,11-12H2,1H3,(H2,30,37)(H,32,36)/t23-,24-/m0/s1. The van der Waals surface area contributed by atoms with Gasteiger partial charge in [0.1, 0.15) is 34.8 Å². The molecule has 1 aliphatic rings. The monoisotopic (exact) mass is 544 g/mol. The molecule has 5 rings (SSSR count). The Hall–Kier alpha value is -4.59. The normalized spacial score (nSPS) is 18.3. The Morgan fingerprint density at radius 3 is 2.64 bits per heavy atom. The van der Waals surface area contributed by atoms with Crippen molar-refractivity contribution < 1.29 is 37.0 Å². The second-order valence-corrected chi connectivity index (χ2v) is 9.21. The van der Waals surface area contributed by atoms with Crippen molar-refractivity contribution in [3.63, 3.8) is 0 Å². The van der Waals surface area contributed by atoms with Gasteiger partial charge in [-0.05, 0) is 43.3 Å². The minimum absolute atomic E-state index is 0.0300. The Morgan fingerprint density at radius 1 is 1.26 bits per heavy atom. The van der Waals surface area contributed by atoms with E-state index in [0.29, 0.717) is 0 Å². The molecule has 0 aliphatic carbocycles. The van der Waals surface area contributed by atoms with Crippen LogP contribution in [0.2, 0.25) is 0 Å². The fourth-order valence-corrected chi connectivity index (χ4v) is 4.23. The number of benzene rings is 1. The van der Waals surface area contributed by atoms with E-state index in [1.807, 2.05) is 0 Å². The number of ether oxygens (including phenoxy) is 1. The first kappa shape index (κ1) is 26.0. The van der Waals surface area contributed by atoms with E-state index in [0.717, 1.165) is 24.4 Å². The molecule has 1 aromatic carbocycles. The van der Waals surface area contributed by atoms with Crippen LogP contribution in [-0.2, 0) is 15.8 Å². The maximum Gasteiger partial charge on any atom is 0.424 e. The van der Waals surface area contributed by atoms with Crippen LogP contribution < -0.4 is 15.8 Å².